The molecule has 1 rings (SSSR count). The van der Waals surface area contributed by atoms with Crippen LogP contribution in [0.2, 0.25) is 0 Å². The van der Waals surface area contributed by atoms with E-state index in [2.05, 4.69) is 10.3 Å². The average Bonchev–Trinajstić information content (AvgIpc) is 2.35. The van der Waals surface area contributed by atoms with Gasteiger partial charge in [0.1, 0.15) is 5.56 Å². The Morgan fingerprint density at radius 2 is 2.05 bits per heavy atom. The van der Waals surface area contributed by atoms with Gasteiger partial charge in [0.25, 0.3) is 11.5 Å². The Morgan fingerprint density at radius 3 is 2.53 bits per heavy atom. The molecule has 0 aliphatic rings. The van der Waals surface area contributed by atoms with Crippen LogP contribution in [0.1, 0.15) is 30.6 Å². The number of hydrogen-bond donors (Lipinski definition) is 4. The monoisotopic (exact) mass is 269 g/mol. The van der Waals surface area contributed by atoms with Crippen LogP contribution in [0.25, 0.3) is 0 Å². The van der Waals surface area contributed by atoms with E-state index in [1.165, 1.54) is 6.92 Å². The van der Waals surface area contributed by atoms with Gasteiger partial charge in [-0.2, -0.15) is 0 Å². The second-order valence-corrected chi connectivity index (χ2v) is 4.39. The van der Waals surface area contributed by atoms with Crippen LogP contribution in [-0.4, -0.2) is 33.5 Å². The first-order valence-corrected chi connectivity index (χ1v) is 5.64. The number of rotatable bonds is 5. The third-order valence-electron chi connectivity index (χ3n) is 3.00. The molecule has 0 aromatic carbocycles. The van der Waals surface area contributed by atoms with Crippen molar-refractivity contribution >= 4 is 11.9 Å². The minimum Gasteiger partial charge on any atom is -0.481 e. The van der Waals surface area contributed by atoms with Crippen LogP contribution >= 0.6 is 0 Å². The van der Waals surface area contributed by atoms with Gasteiger partial charge in [0, 0.05) is 12.7 Å². The predicted molar refractivity (Wildman–Crippen MR) is 66.1 cm³/mol. The number of carbonyl (C=O) groups is 2. The molecule has 19 heavy (non-hydrogen) atoms. The molecule has 0 bridgehead atoms. The van der Waals surface area contributed by atoms with Crippen molar-refractivity contribution in [1.82, 2.24) is 15.3 Å². The number of carboxylic acid groups (broad SMARTS) is 1. The molecule has 1 heterocycles. The number of carboxylic acids is 1. The summed E-state index contributed by atoms with van der Waals surface area (Å²) in [5, 5.41) is 11.4. The highest BCUT2D eigenvalue weighted by molar-refractivity contribution is 5.93. The van der Waals surface area contributed by atoms with Crippen LogP contribution < -0.4 is 16.6 Å². The molecule has 0 radical (unpaired) electrons. The lowest BCUT2D eigenvalue weighted by Crippen LogP contribution is -2.42. The van der Waals surface area contributed by atoms with Gasteiger partial charge in [0.05, 0.1) is 5.41 Å². The van der Waals surface area contributed by atoms with Crippen LogP contribution in [0.3, 0.4) is 0 Å². The highest BCUT2D eigenvalue weighted by atomic mass is 16.4. The number of aliphatic carboxylic acids is 1. The third-order valence-corrected chi connectivity index (χ3v) is 3.00. The zero-order valence-electron chi connectivity index (χ0n) is 10.6. The van der Waals surface area contributed by atoms with Gasteiger partial charge >= 0.3 is 11.7 Å². The van der Waals surface area contributed by atoms with E-state index in [9.17, 15) is 19.2 Å². The number of aromatic nitrogens is 2. The summed E-state index contributed by atoms with van der Waals surface area (Å²) in [4.78, 5) is 49.0. The SMILES string of the molecule is CCC(C)(CNC(=O)c1c[nH]c(=O)[nH]c1=O)C(=O)O. The third kappa shape index (κ3) is 3.30. The van der Waals surface area contributed by atoms with E-state index in [-0.39, 0.29) is 12.1 Å². The zero-order valence-corrected chi connectivity index (χ0v) is 10.6. The van der Waals surface area contributed by atoms with Gasteiger partial charge in [0.15, 0.2) is 0 Å². The summed E-state index contributed by atoms with van der Waals surface area (Å²) in [5.41, 5.74) is -2.92. The Hall–Kier alpha value is -2.38. The zero-order chi connectivity index (χ0) is 14.6. The van der Waals surface area contributed by atoms with Gasteiger partial charge in [0.2, 0.25) is 0 Å². The molecule has 0 aliphatic carbocycles. The normalized spacial score (nSPS) is 13.6. The molecule has 0 spiro atoms. The molecule has 0 aliphatic heterocycles. The first-order chi connectivity index (χ1) is 8.80. The molecule has 4 N–H and O–H groups in total. The van der Waals surface area contributed by atoms with Gasteiger partial charge in [-0.25, -0.2) is 4.79 Å². The molecule has 0 saturated carbocycles. The minimum absolute atomic E-state index is 0.115. The lowest BCUT2D eigenvalue weighted by atomic mass is 9.87. The smallest absolute Gasteiger partial charge is 0.325 e. The van der Waals surface area contributed by atoms with Crippen LogP contribution in [0.15, 0.2) is 15.8 Å². The maximum absolute atomic E-state index is 11.7. The van der Waals surface area contributed by atoms with Crippen LogP contribution in [0.5, 0.6) is 0 Å². The van der Waals surface area contributed by atoms with E-state index < -0.39 is 28.5 Å². The van der Waals surface area contributed by atoms with Crippen molar-refractivity contribution in [2.24, 2.45) is 5.41 Å². The highest BCUT2D eigenvalue weighted by Crippen LogP contribution is 2.19. The first kappa shape index (κ1) is 14.7. The van der Waals surface area contributed by atoms with Gasteiger partial charge in [-0.05, 0) is 13.3 Å². The number of aromatic amines is 2. The Morgan fingerprint density at radius 1 is 1.42 bits per heavy atom. The van der Waals surface area contributed by atoms with E-state index in [4.69, 9.17) is 5.11 Å². The van der Waals surface area contributed by atoms with E-state index in [1.54, 1.807) is 6.92 Å². The van der Waals surface area contributed by atoms with E-state index in [0.717, 1.165) is 6.20 Å². The van der Waals surface area contributed by atoms with Crippen molar-refractivity contribution in [2.75, 3.05) is 6.54 Å². The fraction of sp³-hybridized carbons (Fsp3) is 0.455. The highest BCUT2D eigenvalue weighted by Gasteiger charge is 2.31. The van der Waals surface area contributed by atoms with Crippen molar-refractivity contribution in [3.63, 3.8) is 0 Å². The summed E-state index contributed by atoms with van der Waals surface area (Å²) in [5.74, 6) is -1.77. The summed E-state index contributed by atoms with van der Waals surface area (Å²) in [7, 11) is 0. The number of amides is 1. The van der Waals surface area contributed by atoms with Crippen molar-refractivity contribution in [3.05, 3.63) is 32.6 Å². The predicted octanol–water partition coefficient (Wildman–Crippen LogP) is -0.706. The summed E-state index contributed by atoms with van der Waals surface area (Å²) in [6.45, 7) is 3.07. The molecule has 1 atom stereocenters. The van der Waals surface area contributed by atoms with Crippen molar-refractivity contribution < 1.29 is 14.7 Å². The maximum Gasteiger partial charge on any atom is 0.325 e. The van der Waals surface area contributed by atoms with E-state index in [1.807, 2.05) is 4.98 Å². The molecule has 0 fully saturated rings. The van der Waals surface area contributed by atoms with Crippen molar-refractivity contribution in [1.29, 1.82) is 0 Å². The molecule has 1 aromatic heterocycles. The second-order valence-electron chi connectivity index (χ2n) is 4.39. The number of hydrogen-bond acceptors (Lipinski definition) is 4. The Balaban J connectivity index is 2.84. The number of carbonyl (C=O) groups excluding carboxylic acids is 1. The quantitative estimate of drug-likeness (QED) is 0.560. The van der Waals surface area contributed by atoms with Crippen LogP contribution in [0.4, 0.5) is 0 Å². The van der Waals surface area contributed by atoms with Gasteiger partial charge < -0.3 is 15.4 Å². The second kappa shape index (κ2) is 5.51. The van der Waals surface area contributed by atoms with Crippen LogP contribution in [0, 0.1) is 5.41 Å². The molecule has 8 heteroatoms. The Kier molecular flexibility index (Phi) is 4.26. The van der Waals surface area contributed by atoms with Gasteiger partial charge in [-0.3, -0.25) is 19.4 Å². The first-order valence-electron chi connectivity index (χ1n) is 5.64. The summed E-state index contributed by atoms with van der Waals surface area (Å²) < 4.78 is 0. The van der Waals surface area contributed by atoms with E-state index in [0.29, 0.717) is 6.42 Å². The largest absolute Gasteiger partial charge is 0.481 e. The lowest BCUT2D eigenvalue weighted by molar-refractivity contribution is -0.147. The van der Waals surface area contributed by atoms with E-state index >= 15 is 0 Å². The summed E-state index contributed by atoms with van der Waals surface area (Å²) in [6.07, 6.45) is 1.31. The molecule has 0 saturated heterocycles. The fourth-order valence-corrected chi connectivity index (χ4v) is 1.30. The maximum atomic E-state index is 11.7. The summed E-state index contributed by atoms with van der Waals surface area (Å²) in [6, 6.07) is 0. The molecule has 8 nitrogen and oxygen atoms in total. The molecular weight excluding hydrogens is 254 g/mol. The Labute approximate surface area is 107 Å². The van der Waals surface area contributed by atoms with Gasteiger partial charge in [-0.15, -0.1) is 0 Å². The lowest BCUT2D eigenvalue weighted by Gasteiger charge is -2.22. The Bertz CT molecular complexity index is 603. The topological polar surface area (TPSA) is 132 Å². The van der Waals surface area contributed by atoms with Crippen molar-refractivity contribution in [3.8, 4) is 0 Å². The number of nitrogens with one attached hydrogen (secondary N) is 3. The number of H-pyrrole nitrogens is 2. The standard InChI is InChI=1S/C11H15N3O5/c1-3-11(2,9(17)18)5-13-7(15)6-4-12-10(19)14-8(6)16/h4H,3,5H2,1-2H3,(H,13,15)(H,17,18)(H2,12,14,16,19). The fourth-order valence-electron chi connectivity index (χ4n) is 1.30. The van der Waals surface area contributed by atoms with Gasteiger partial charge in [-0.1, -0.05) is 6.92 Å². The van der Waals surface area contributed by atoms with Crippen molar-refractivity contribution in [2.45, 2.75) is 20.3 Å². The molecule has 1 aromatic rings. The molecule has 1 unspecified atom stereocenters. The van der Waals surface area contributed by atoms with Crippen LogP contribution in [-0.2, 0) is 4.79 Å². The molecule has 104 valence electrons. The minimum atomic E-state index is -1.11. The molecular formula is C11H15N3O5. The average molecular weight is 269 g/mol. The summed E-state index contributed by atoms with van der Waals surface area (Å²) >= 11 is 0. The molecule has 1 amide bonds.